The van der Waals surface area contributed by atoms with Crippen molar-refractivity contribution in [3.63, 3.8) is 0 Å². The first-order valence-corrected chi connectivity index (χ1v) is 5.78. The molecule has 19 heavy (non-hydrogen) atoms. The number of nitrogens with zero attached hydrogens (tertiary/aromatic N) is 4. The van der Waals surface area contributed by atoms with E-state index >= 15 is 0 Å². The average Bonchev–Trinajstić information content (AvgIpc) is 2.40. The van der Waals surface area contributed by atoms with E-state index in [1.165, 1.54) is 0 Å². The summed E-state index contributed by atoms with van der Waals surface area (Å²) in [7, 11) is 0. The van der Waals surface area contributed by atoms with Gasteiger partial charge in [-0.1, -0.05) is 11.6 Å². The standard InChI is InChI=1S/C11H10ClN5O2/c1-7(10-3-2-8(12)4-13-10)16-11-14-5-9(6-15-11)17(18)19/h2-7H,1H3,(H,14,15,16)/t7-/m0/s1. The van der Waals surface area contributed by atoms with Crippen molar-refractivity contribution in [2.45, 2.75) is 13.0 Å². The first-order valence-electron chi connectivity index (χ1n) is 5.40. The van der Waals surface area contributed by atoms with Crippen molar-refractivity contribution in [1.82, 2.24) is 15.0 Å². The molecular formula is C11H10ClN5O2. The van der Waals surface area contributed by atoms with E-state index in [4.69, 9.17) is 11.6 Å². The molecule has 0 radical (unpaired) electrons. The Morgan fingerprint density at radius 1 is 1.26 bits per heavy atom. The molecule has 0 unspecified atom stereocenters. The van der Waals surface area contributed by atoms with Crippen molar-refractivity contribution in [2.75, 3.05) is 5.32 Å². The van der Waals surface area contributed by atoms with Crippen LogP contribution < -0.4 is 5.32 Å². The molecule has 0 aliphatic heterocycles. The molecule has 0 aliphatic rings. The van der Waals surface area contributed by atoms with Crippen molar-refractivity contribution >= 4 is 23.2 Å². The normalized spacial score (nSPS) is 11.9. The van der Waals surface area contributed by atoms with Crippen molar-refractivity contribution in [3.05, 3.63) is 51.6 Å². The molecule has 2 heterocycles. The highest BCUT2D eigenvalue weighted by atomic mass is 35.5. The summed E-state index contributed by atoms with van der Waals surface area (Å²) in [5, 5.41) is 14.0. The molecule has 98 valence electrons. The van der Waals surface area contributed by atoms with Crippen LogP contribution in [-0.4, -0.2) is 19.9 Å². The molecule has 2 rings (SSSR count). The predicted molar refractivity (Wildman–Crippen MR) is 70.0 cm³/mol. The second-order valence-corrected chi connectivity index (χ2v) is 4.23. The van der Waals surface area contributed by atoms with Crippen molar-refractivity contribution in [1.29, 1.82) is 0 Å². The van der Waals surface area contributed by atoms with Crippen LogP contribution in [0.1, 0.15) is 18.7 Å². The first kappa shape index (κ1) is 13.2. The number of aromatic nitrogens is 3. The number of nitrogens with one attached hydrogen (secondary N) is 1. The van der Waals surface area contributed by atoms with Crippen molar-refractivity contribution in [2.24, 2.45) is 0 Å². The second kappa shape index (κ2) is 5.57. The molecule has 0 saturated carbocycles. The van der Waals surface area contributed by atoms with Crippen molar-refractivity contribution < 1.29 is 4.92 Å². The fourth-order valence-electron chi connectivity index (χ4n) is 1.40. The SMILES string of the molecule is C[C@H](Nc1ncc([N+](=O)[O-])cn1)c1ccc(Cl)cn1. The van der Waals surface area contributed by atoms with Crippen LogP contribution in [0, 0.1) is 10.1 Å². The van der Waals surface area contributed by atoms with E-state index in [9.17, 15) is 10.1 Å². The molecule has 7 nitrogen and oxygen atoms in total. The lowest BCUT2D eigenvalue weighted by molar-refractivity contribution is -0.385. The van der Waals surface area contributed by atoms with E-state index in [1.807, 2.05) is 6.92 Å². The minimum atomic E-state index is -0.548. The van der Waals surface area contributed by atoms with Gasteiger partial charge >= 0.3 is 5.69 Å². The number of anilines is 1. The minimum Gasteiger partial charge on any atom is -0.346 e. The van der Waals surface area contributed by atoms with Gasteiger partial charge in [-0.3, -0.25) is 15.1 Å². The lowest BCUT2D eigenvalue weighted by Crippen LogP contribution is -2.10. The molecule has 1 N–H and O–H groups in total. The highest BCUT2D eigenvalue weighted by Crippen LogP contribution is 2.17. The maximum Gasteiger partial charge on any atom is 0.305 e. The van der Waals surface area contributed by atoms with Gasteiger partial charge in [0.1, 0.15) is 12.4 Å². The number of hydrogen-bond donors (Lipinski definition) is 1. The van der Waals surface area contributed by atoms with Crippen LogP contribution >= 0.6 is 11.6 Å². The molecule has 0 bridgehead atoms. The molecule has 0 fully saturated rings. The van der Waals surface area contributed by atoms with Crippen LogP contribution in [-0.2, 0) is 0 Å². The number of hydrogen-bond acceptors (Lipinski definition) is 6. The van der Waals surface area contributed by atoms with Gasteiger partial charge in [-0.25, -0.2) is 9.97 Å². The summed E-state index contributed by atoms with van der Waals surface area (Å²) in [5.74, 6) is 0.301. The third kappa shape index (κ3) is 3.35. The van der Waals surface area contributed by atoms with Crippen LogP contribution in [0.2, 0.25) is 5.02 Å². The van der Waals surface area contributed by atoms with E-state index in [0.717, 1.165) is 18.1 Å². The van der Waals surface area contributed by atoms with E-state index in [0.29, 0.717) is 11.0 Å². The van der Waals surface area contributed by atoms with Gasteiger partial charge in [0.15, 0.2) is 0 Å². The summed E-state index contributed by atoms with van der Waals surface area (Å²) in [5.41, 5.74) is 0.620. The Morgan fingerprint density at radius 2 is 1.95 bits per heavy atom. The Bertz CT molecular complexity index is 573. The summed E-state index contributed by atoms with van der Waals surface area (Å²) in [6.45, 7) is 1.88. The quantitative estimate of drug-likeness (QED) is 0.683. The largest absolute Gasteiger partial charge is 0.346 e. The molecule has 0 aromatic carbocycles. The smallest absolute Gasteiger partial charge is 0.305 e. The van der Waals surface area contributed by atoms with Crippen LogP contribution in [0.5, 0.6) is 0 Å². The summed E-state index contributed by atoms with van der Waals surface area (Å²) in [6.07, 6.45) is 3.85. The summed E-state index contributed by atoms with van der Waals surface area (Å²) in [4.78, 5) is 21.8. The zero-order valence-corrected chi connectivity index (χ0v) is 10.7. The molecular weight excluding hydrogens is 270 g/mol. The molecule has 0 spiro atoms. The third-order valence-electron chi connectivity index (χ3n) is 2.39. The molecule has 2 aromatic rings. The maximum absolute atomic E-state index is 10.5. The Hall–Kier alpha value is -2.28. The van der Waals surface area contributed by atoms with E-state index in [-0.39, 0.29) is 11.7 Å². The number of rotatable bonds is 4. The molecule has 1 atom stereocenters. The third-order valence-corrected chi connectivity index (χ3v) is 2.61. The number of pyridine rings is 1. The predicted octanol–water partition coefficient (Wildman–Crippen LogP) is 2.61. The van der Waals surface area contributed by atoms with Gasteiger partial charge in [-0.05, 0) is 19.1 Å². The van der Waals surface area contributed by atoms with Crippen LogP contribution in [0.3, 0.4) is 0 Å². The molecule has 2 aromatic heterocycles. The summed E-state index contributed by atoms with van der Waals surface area (Å²) < 4.78 is 0. The van der Waals surface area contributed by atoms with Crippen LogP contribution in [0.4, 0.5) is 11.6 Å². The van der Waals surface area contributed by atoms with Crippen LogP contribution in [0.15, 0.2) is 30.7 Å². The maximum atomic E-state index is 10.5. The first-order chi connectivity index (χ1) is 9.06. The van der Waals surface area contributed by atoms with Gasteiger partial charge in [0.2, 0.25) is 5.95 Å². The Morgan fingerprint density at radius 3 is 2.47 bits per heavy atom. The van der Waals surface area contributed by atoms with Gasteiger partial charge in [0.25, 0.3) is 0 Å². The Balaban J connectivity index is 2.08. The fourth-order valence-corrected chi connectivity index (χ4v) is 1.51. The lowest BCUT2D eigenvalue weighted by Gasteiger charge is -2.12. The van der Waals surface area contributed by atoms with Crippen LogP contribution in [0.25, 0.3) is 0 Å². The van der Waals surface area contributed by atoms with Gasteiger partial charge in [-0.2, -0.15) is 0 Å². The van der Waals surface area contributed by atoms with Crippen molar-refractivity contribution in [3.8, 4) is 0 Å². The zero-order valence-electron chi connectivity index (χ0n) is 9.95. The molecule has 0 aliphatic carbocycles. The topological polar surface area (TPSA) is 93.8 Å². The molecule has 0 amide bonds. The minimum absolute atomic E-state index is 0.140. The van der Waals surface area contributed by atoms with Gasteiger partial charge in [0, 0.05) is 6.20 Å². The van der Waals surface area contributed by atoms with Gasteiger partial charge < -0.3 is 5.32 Å². The average molecular weight is 280 g/mol. The number of nitro groups is 1. The van der Waals surface area contributed by atoms with Gasteiger partial charge in [0.05, 0.1) is 21.7 Å². The zero-order chi connectivity index (χ0) is 13.8. The van der Waals surface area contributed by atoms with E-state index in [1.54, 1.807) is 18.3 Å². The van der Waals surface area contributed by atoms with E-state index < -0.39 is 4.92 Å². The summed E-state index contributed by atoms with van der Waals surface area (Å²) >= 11 is 5.75. The number of halogens is 1. The molecule has 0 saturated heterocycles. The lowest BCUT2D eigenvalue weighted by atomic mass is 10.2. The fraction of sp³-hybridized carbons (Fsp3) is 0.182. The van der Waals surface area contributed by atoms with E-state index in [2.05, 4.69) is 20.3 Å². The van der Waals surface area contributed by atoms with Gasteiger partial charge in [-0.15, -0.1) is 0 Å². The highest BCUT2D eigenvalue weighted by Gasteiger charge is 2.10. The molecule has 8 heteroatoms. The summed E-state index contributed by atoms with van der Waals surface area (Å²) in [6, 6.07) is 3.38. The monoisotopic (exact) mass is 279 g/mol. The Kier molecular flexibility index (Phi) is 3.86. The Labute approximate surface area is 113 Å². The highest BCUT2D eigenvalue weighted by molar-refractivity contribution is 6.30. The second-order valence-electron chi connectivity index (χ2n) is 3.79.